The van der Waals surface area contributed by atoms with E-state index in [0.29, 0.717) is 5.56 Å². The van der Waals surface area contributed by atoms with Crippen LogP contribution in [0.5, 0.6) is 5.75 Å². The van der Waals surface area contributed by atoms with E-state index < -0.39 is 6.61 Å². The third-order valence-corrected chi connectivity index (χ3v) is 3.03. The van der Waals surface area contributed by atoms with Crippen LogP contribution in [0, 0.1) is 0 Å². The van der Waals surface area contributed by atoms with Gasteiger partial charge in [0.05, 0.1) is 0 Å². The van der Waals surface area contributed by atoms with Gasteiger partial charge in [0, 0.05) is 16.9 Å². The lowest BCUT2D eigenvalue weighted by Gasteiger charge is -2.13. The predicted molar refractivity (Wildman–Crippen MR) is 73.0 cm³/mol. The van der Waals surface area contributed by atoms with Crippen molar-refractivity contribution < 1.29 is 18.3 Å². The number of benzene rings is 1. The van der Waals surface area contributed by atoms with Crippen LogP contribution in [0.4, 0.5) is 8.78 Å². The van der Waals surface area contributed by atoms with Gasteiger partial charge in [0.25, 0.3) is 5.91 Å². The summed E-state index contributed by atoms with van der Waals surface area (Å²) in [5.41, 5.74) is 0.309. The Morgan fingerprint density at radius 3 is 2.84 bits per heavy atom. The zero-order valence-corrected chi connectivity index (χ0v) is 12.1. The fourth-order valence-corrected chi connectivity index (χ4v) is 1.90. The first kappa shape index (κ1) is 15.9. The van der Waals surface area contributed by atoms with Gasteiger partial charge in [0.2, 0.25) is 0 Å². The van der Waals surface area contributed by atoms with Crippen LogP contribution in [0.25, 0.3) is 0 Å². The van der Waals surface area contributed by atoms with Crippen LogP contribution in [0.3, 0.4) is 0 Å². The summed E-state index contributed by atoms with van der Waals surface area (Å²) in [6.45, 7) is -0.990. The molecule has 1 aromatic rings. The summed E-state index contributed by atoms with van der Waals surface area (Å²) in [5, 5.41) is 3.69. The average molecular weight is 336 g/mol. The smallest absolute Gasteiger partial charge is 0.387 e. The summed E-state index contributed by atoms with van der Waals surface area (Å²) in [4.78, 5) is 11.9. The van der Waals surface area contributed by atoms with E-state index in [-0.39, 0.29) is 17.7 Å². The summed E-state index contributed by atoms with van der Waals surface area (Å²) >= 11 is 3.32. The Labute approximate surface area is 119 Å². The van der Waals surface area contributed by atoms with Gasteiger partial charge in [-0.15, -0.1) is 0 Å². The topological polar surface area (TPSA) is 38.3 Å². The van der Waals surface area contributed by atoms with E-state index in [9.17, 15) is 13.6 Å². The molecule has 1 amide bonds. The minimum atomic E-state index is -2.89. The quantitative estimate of drug-likeness (QED) is 0.773. The summed E-state index contributed by atoms with van der Waals surface area (Å²) < 4.78 is 28.4. The number of nitrogens with one attached hydrogen (secondary N) is 1. The molecule has 0 saturated heterocycles. The zero-order chi connectivity index (χ0) is 14.3. The minimum absolute atomic E-state index is 0.0178. The van der Waals surface area contributed by atoms with E-state index >= 15 is 0 Å². The lowest BCUT2D eigenvalue weighted by molar-refractivity contribution is -0.0498. The highest BCUT2D eigenvalue weighted by molar-refractivity contribution is 9.09. The van der Waals surface area contributed by atoms with Crippen molar-refractivity contribution in [3.05, 3.63) is 29.8 Å². The van der Waals surface area contributed by atoms with Crippen molar-refractivity contribution in [2.75, 3.05) is 5.33 Å². The molecule has 0 radical (unpaired) electrons. The van der Waals surface area contributed by atoms with Crippen molar-refractivity contribution in [3.8, 4) is 5.75 Å². The van der Waals surface area contributed by atoms with Gasteiger partial charge in [-0.2, -0.15) is 8.78 Å². The Bertz CT molecular complexity index is 415. The van der Waals surface area contributed by atoms with E-state index in [1.54, 1.807) is 6.07 Å². The molecule has 0 aliphatic rings. The summed E-state index contributed by atoms with van der Waals surface area (Å²) in [5.74, 6) is -0.308. The van der Waals surface area contributed by atoms with E-state index in [4.69, 9.17) is 0 Å². The molecule has 19 heavy (non-hydrogen) atoms. The Balaban J connectivity index is 2.61. The second-order valence-corrected chi connectivity index (χ2v) is 4.91. The van der Waals surface area contributed by atoms with Crippen molar-refractivity contribution in [1.29, 1.82) is 0 Å². The number of ether oxygens (including phenoxy) is 1. The van der Waals surface area contributed by atoms with Gasteiger partial charge >= 0.3 is 6.61 Å². The molecule has 6 heteroatoms. The molecule has 0 aliphatic carbocycles. The highest BCUT2D eigenvalue weighted by atomic mass is 79.9. The van der Waals surface area contributed by atoms with Gasteiger partial charge in [-0.1, -0.05) is 22.0 Å². The highest BCUT2D eigenvalue weighted by Crippen LogP contribution is 2.16. The molecular formula is C13H16BrF2NO2. The summed E-state index contributed by atoms with van der Waals surface area (Å²) in [7, 11) is 0. The molecule has 1 aromatic carbocycles. The van der Waals surface area contributed by atoms with Crippen LogP contribution < -0.4 is 10.1 Å². The SMILES string of the molecule is CC(CCCBr)NC(=O)c1cccc(OC(F)F)c1. The van der Waals surface area contributed by atoms with E-state index in [1.807, 2.05) is 6.92 Å². The minimum Gasteiger partial charge on any atom is -0.435 e. The molecule has 1 unspecified atom stereocenters. The number of alkyl halides is 3. The fourth-order valence-electron chi connectivity index (χ4n) is 1.58. The standard InChI is InChI=1S/C13H16BrF2NO2/c1-9(4-3-7-14)17-12(18)10-5-2-6-11(8-10)19-13(15)16/h2,5-6,8-9,13H,3-4,7H2,1H3,(H,17,18). The van der Waals surface area contributed by atoms with E-state index in [1.165, 1.54) is 18.2 Å². The van der Waals surface area contributed by atoms with Crippen LogP contribution >= 0.6 is 15.9 Å². The van der Waals surface area contributed by atoms with Crippen LogP contribution in [0.2, 0.25) is 0 Å². The molecule has 0 bridgehead atoms. The van der Waals surface area contributed by atoms with Gasteiger partial charge in [0.15, 0.2) is 0 Å². The Hall–Kier alpha value is -1.17. The molecular weight excluding hydrogens is 320 g/mol. The molecule has 1 atom stereocenters. The third-order valence-electron chi connectivity index (χ3n) is 2.47. The molecule has 0 spiro atoms. The van der Waals surface area contributed by atoms with Crippen LogP contribution in [0.1, 0.15) is 30.1 Å². The second kappa shape index (κ2) is 8.09. The van der Waals surface area contributed by atoms with Crippen molar-refractivity contribution >= 4 is 21.8 Å². The van der Waals surface area contributed by atoms with Crippen molar-refractivity contribution in [3.63, 3.8) is 0 Å². The van der Waals surface area contributed by atoms with E-state index in [2.05, 4.69) is 26.0 Å². The van der Waals surface area contributed by atoms with Gasteiger partial charge in [-0.3, -0.25) is 4.79 Å². The first-order valence-electron chi connectivity index (χ1n) is 5.94. The lowest BCUT2D eigenvalue weighted by atomic mass is 10.1. The van der Waals surface area contributed by atoms with Gasteiger partial charge < -0.3 is 10.1 Å². The summed E-state index contributed by atoms with van der Waals surface area (Å²) in [6.07, 6.45) is 1.81. The maximum Gasteiger partial charge on any atom is 0.387 e. The first-order valence-corrected chi connectivity index (χ1v) is 7.06. The molecule has 0 aromatic heterocycles. The number of amides is 1. The van der Waals surface area contributed by atoms with Crippen LogP contribution in [0.15, 0.2) is 24.3 Å². The fraction of sp³-hybridized carbons (Fsp3) is 0.462. The second-order valence-electron chi connectivity index (χ2n) is 4.11. The van der Waals surface area contributed by atoms with Crippen molar-refractivity contribution in [1.82, 2.24) is 5.32 Å². The third kappa shape index (κ3) is 6.00. The maximum atomic E-state index is 12.1. The Morgan fingerprint density at radius 2 is 2.21 bits per heavy atom. The van der Waals surface area contributed by atoms with E-state index in [0.717, 1.165) is 18.2 Å². The number of hydrogen-bond donors (Lipinski definition) is 1. The largest absolute Gasteiger partial charge is 0.435 e. The molecule has 106 valence electrons. The number of carbonyl (C=O) groups is 1. The normalized spacial score (nSPS) is 12.3. The molecule has 0 fully saturated rings. The average Bonchev–Trinajstić information content (AvgIpc) is 2.35. The zero-order valence-electron chi connectivity index (χ0n) is 10.5. The maximum absolute atomic E-state index is 12.1. The van der Waals surface area contributed by atoms with Gasteiger partial charge in [0.1, 0.15) is 5.75 Å². The van der Waals surface area contributed by atoms with Crippen molar-refractivity contribution in [2.45, 2.75) is 32.4 Å². The molecule has 1 N–H and O–H groups in total. The highest BCUT2D eigenvalue weighted by Gasteiger charge is 2.11. The molecule has 1 rings (SSSR count). The van der Waals surface area contributed by atoms with Crippen LogP contribution in [-0.2, 0) is 0 Å². The van der Waals surface area contributed by atoms with Crippen molar-refractivity contribution in [2.24, 2.45) is 0 Å². The lowest BCUT2D eigenvalue weighted by Crippen LogP contribution is -2.32. The van der Waals surface area contributed by atoms with Gasteiger partial charge in [-0.05, 0) is 38.0 Å². The van der Waals surface area contributed by atoms with Crippen LogP contribution in [-0.4, -0.2) is 23.9 Å². The number of rotatable bonds is 7. The molecule has 0 saturated carbocycles. The number of halogens is 3. The monoisotopic (exact) mass is 335 g/mol. The molecule has 0 heterocycles. The predicted octanol–water partition coefficient (Wildman–Crippen LogP) is 3.58. The Morgan fingerprint density at radius 1 is 1.47 bits per heavy atom. The number of hydrogen-bond acceptors (Lipinski definition) is 2. The number of carbonyl (C=O) groups excluding carboxylic acids is 1. The summed E-state index contributed by atoms with van der Waals surface area (Å²) in [6, 6.07) is 5.79. The van der Waals surface area contributed by atoms with Gasteiger partial charge in [-0.25, -0.2) is 0 Å². The Kier molecular flexibility index (Phi) is 6.77. The molecule has 0 aliphatic heterocycles. The molecule has 3 nitrogen and oxygen atoms in total. The first-order chi connectivity index (χ1) is 9.02.